The molecular formula is C14H19N3O2S. The average molecular weight is 293 g/mol. The molecule has 1 fully saturated rings. The van der Waals surface area contributed by atoms with Crippen LogP contribution in [0.3, 0.4) is 0 Å². The molecule has 1 aromatic carbocycles. The molecule has 6 heteroatoms. The lowest BCUT2D eigenvalue weighted by Gasteiger charge is -2.24. The van der Waals surface area contributed by atoms with E-state index in [2.05, 4.69) is 9.97 Å². The Hall–Kier alpha value is -1.40. The number of nitrogens with two attached hydrogens (primary N) is 1. The fourth-order valence-corrected chi connectivity index (χ4v) is 3.56. The number of rotatable bonds is 2. The summed E-state index contributed by atoms with van der Waals surface area (Å²) in [5, 5.41) is 0. The van der Waals surface area contributed by atoms with E-state index in [1.807, 2.05) is 0 Å². The first kappa shape index (κ1) is 13.6. The molecule has 0 bridgehead atoms. The van der Waals surface area contributed by atoms with Crippen molar-refractivity contribution in [2.24, 2.45) is 5.73 Å². The highest BCUT2D eigenvalue weighted by molar-refractivity contribution is 7.90. The Morgan fingerprint density at radius 2 is 2.15 bits per heavy atom. The third kappa shape index (κ3) is 2.58. The standard InChI is InChI=1S/C14H19N3O2S/c1-20(18,19)11-5-6-12-13(8-11)17-14(16-12)9-3-2-4-10(15)7-9/h5-6,8-10H,2-4,7,15H2,1H3,(H,16,17). The van der Waals surface area contributed by atoms with E-state index in [1.54, 1.807) is 18.2 Å². The van der Waals surface area contributed by atoms with E-state index < -0.39 is 9.84 Å². The fraction of sp³-hybridized carbons (Fsp3) is 0.500. The minimum atomic E-state index is -3.19. The lowest BCUT2D eigenvalue weighted by atomic mass is 9.86. The first-order valence-corrected chi connectivity index (χ1v) is 8.78. The van der Waals surface area contributed by atoms with Gasteiger partial charge in [0.2, 0.25) is 0 Å². The summed E-state index contributed by atoms with van der Waals surface area (Å²) in [6.07, 6.45) is 5.45. The normalized spacial score (nSPS) is 24.1. The lowest BCUT2D eigenvalue weighted by Crippen LogP contribution is -2.27. The van der Waals surface area contributed by atoms with Crippen molar-refractivity contribution in [3.8, 4) is 0 Å². The maximum Gasteiger partial charge on any atom is 0.175 e. The Bertz CT molecular complexity index is 736. The Morgan fingerprint density at radius 1 is 1.35 bits per heavy atom. The predicted octanol–water partition coefficient (Wildman–Crippen LogP) is 1.95. The molecule has 2 unspecified atom stereocenters. The van der Waals surface area contributed by atoms with Crippen molar-refractivity contribution in [2.75, 3.05) is 6.26 Å². The quantitative estimate of drug-likeness (QED) is 0.885. The smallest absolute Gasteiger partial charge is 0.175 e. The second kappa shape index (κ2) is 4.86. The van der Waals surface area contributed by atoms with Crippen molar-refractivity contribution < 1.29 is 8.42 Å². The van der Waals surface area contributed by atoms with Gasteiger partial charge in [0.05, 0.1) is 15.9 Å². The number of H-pyrrole nitrogens is 1. The number of aromatic amines is 1. The van der Waals surface area contributed by atoms with Crippen molar-refractivity contribution in [2.45, 2.75) is 42.5 Å². The second-order valence-electron chi connectivity index (χ2n) is 5.70. The van der Waals surface area contributed by atoms with Gasteiger partial charge in [0.15, 0.2) is 9.84 Å². The molecule has 1 aromatic heterocycles. The van der Waals surface area contributed by atoms with Crippen LogP contribution in [0.1, 0.15) is 37.4 Å². The van der Waals surface area contributed by atoms with E-state index in [-0.39, 0.29) is 6.04 Å². The van der Waals surface area contributed by atoms with Crippen LogP contribution in [0.5, 0.6) is 0 Å². The number of nitrogens with one attached hydrogen (secondary N) is 1. The molecule has 0 spiro atoms. The van der Waals surface area contributed by atoms with Crippen molar-refractivity contribution in [3.63, 3.8) is 0 Å². The van der Waals surface area contributed by atoms with Crippen molar-refractivity contribution in [1.29, 1.82) is 0 Å². The van der Waals surface area contributed by atoms with Crippen LogP contribution in [0.4, 0.5) is 0 Å². The van der Waals surface area contributed by atoms with Crippen molar-refractivity contribution in [3.05, 3.63) is 24.0 Å². The van der Waals surface area contributed by atoms with Gasteiger partial charge < -0.3 is 10.7 Å². The highest BCUT2D eigenvalue weighted by Crippen LogP contribution is 2.31. The SMILES string of the molecule is CS(=O)(=O)c1ccc2nc(C3CCCC(N)C3)[nH]c2c1. The number of imidazole rings is 1. The Balaban J connectivity index is 1.98. The fourth-order valence-electron chi connectivity index (χ4n) is 2.91. The Morgan fingerprint density at radius 3 is 2.85 bits per heavy atom. The number of fused-ring (bicyclic) bond motifs is 1. The van der Waals surface area contributed by atoms with Gasteiger partial charge in [-0.25, -0.2) is 13.4 Å². The number of hydrogen-bond acceptors (Lipinski definition) is 4. The third-order valence-electron chi connectivity index (χ3n) is 4.00. The minimum Gasteiger partial charge on any atom is -0.342 e. The van der Waals surface area contributed by atoms with Gasteiger partial charge >= 0.3 is 0 Å². The van der Waals surface area contributed by atoms with Crippen LogP contribution in [-0.4, -0.2) is 30.7 Å². The molecule has 3 rings (SSSR count). The molecule has 1 aliphatic carbocycles. The summed E-state index contributed by atoms with van der Waals surface area (Å²) in [4.78, 5) is 8.18. The minimum absolute atomic E-state index is 0.244. The molecule has 0 amide bonds. The molecular weight excluding hydrogens is 274 g/mol. The maximum atomic E-state index is 11.6. The lowest BCUT2D eigenvalue weighted by molar-refractivity contribution is 0.384. The second-order valence-corrected chi connectivity index (χ2v) is 7.71. The number of sulfone groups is 1. The molecule has 3 N–H and O–H groups in total. The molecule has 2 atom stereocenters. The maximum absolute atomic E-state index is 11.6. The van der Waals surface area contributed by atoms with Crippen LogP contribution in [0.25, 0.3) is 11.0 Å². The summed E-state index contributed by atoms with van der Waals surface area (Å²) in [5.41, 5.74) is 7.61. The summed E-state index contributed by atoms with van der Waals surface area (Å²) in [6.45, 7) is 0. The van der Waals surface area contributed by atoms with Gasteiger partial charge in [-0.2, -0.15) is 0 Å². The van der Waals surface area contributed by atoms with Crippen LogP contribution in [0, 0.1) is 0 Å². The molecule has 2 aromatic rings. The Labute approximate surface area is 118 Å². The monoisotopic (exact) mass is 293 g/mol. The highest BCUT2D eigenvalue weighted by Gasteiger charge is 2.23. The van der Waals surface area contributed by atoms with Gasteiger partial charge in [-0.15, -0.1) is 0 Å². The predicted molar refractivity (Wildman–Crippen MR) is 78.4 cm³/mol. The first-order valence-electron chi connectivity index (χ1n) is 6.89. The van der Waals surface area contributed by atoms with E-state index in [0.29, 0.717) is 10.8 Å². The Kier molecular flexibility index (Phi) is 3.30. The number of benzene rings is 1. The molecule has 0 saturated heterocycles. The molecule has 5 nitrogen and oxygen atoms in total. The first-order chi connectivity index (χ1) is 9.43. The molecule has 0 radical (unpaired) electrons. The molecule has 108 valence electrons. The number of hydrogen-bond donors (Lipinski definition) is 2. The largest absolute Gasteiger partial charge is 0.342 e. The van der Waals surface area contributed by atoms with Gasteiger partial charge in [0.1, 0.15) is 5.82 Å². The highest BCUT2D eigenvalue weighted by atomic mass is 32.2. The third-order valence-corrected chi connectivity index (χ3v) is 5.11. The van der Waals surface area contributed by atoms with Crippen LogP contribution in [0.15, 0.2) is 23.1 Å². The van der Waals surface area contributed by atoms with Crippen LogP contribution in [0.2, 0.25) is 0 Å². The average Bonchev–Trinajstić information content (AvgIpc) is 2.80. The number of aromatic nitrogens is 2. The van der Waals surface area contributed by atoms with Crippen LogP contribution >= 0.6 is 0 Å². The summed E-state index contributed by atoms with van der Waals surface area (Å²) >= 11 is 0. The van der Waals surface area contributed by atoms with Crippen LogP contribution < -0.4 is 5.73 Å². The van der Waals surface area contributed by atoms with Gasteiger partial charge in [-0.1, -0.05) is 6.42 Å². The summed E-state index contributed by atoms with van der Waals surface area (Å²) in [7, 11) is -3.19. The van der Waals surface area contributed by atoms with Gasteiger partial charge in [-0.05, 0) is 37.5 Å². The van der Waals surface area contributed by atoms with Gasteiger partial charge in [0.25, 0.3) is 0 Å². The topological polar surface area (TPSA) is 88.8 Å². The zero-order valence-electron chi connectivity index (χ0n) is 11.5. The molecule has 0 aliphatic heterocycles. The molecule has 1 heterocycles. The van der Waals surface area contributed by atoms with Gasteiger partial charge in [-0.3, -0.25) is 0 Å². The molecule has 20 heavy (non-hydrogen) atoms. The van der Waals surface area contributed by atoms with Crippen molar-refractivity contribution in [1.82, 2.24) is 9.97 Å². The van der Waals surface area contributed by atoms with Crippen molar-refractivity contribution >= 4 is 20.9 Å². The summed E-state index contributed by atoms with van der Waals surface area (Å²) < 4.78 is 23.2. The zero-order chi connectivity index (χ0) is 14.3. The van der Waals surface area contributed by atoms with Gasteiger partial charge in [0, 0.05) is 18.2 Å². The van der Waals surface area contributed by atoms with E-state index >= 15 is 0 Å². The van der Waals surface area contributed by atoms with E-state index in [1.165, 1.54) is 6.26 Å². The van der Waals surface area contributed by atoms with E-state index in [4.69, 9.17) is 5.73 Å². The number of nitrogens with zero attached hydrogens (tertiary/aromatic N) is 1. The molecule has 1 saturated carbocycles. The van der Waals surface area contributed by atoms with E-state index in [0.717, 1.165) is 42.5 Å². The summed E-state index contributed by atoms with van der Waals surface area (Å²) in [5.74, 6) is 1.29. The van der Waals surface area contributed by atoms with E-state index in [9.17, 15) is 8.42 Å². The zero-order valence-corrected chi connectivity index (χ0v) is 12.3. The molecule has 1 aliphatic rings. The summed E-state index contributed by atoms with van der Waals surface area (Å²) in [6, 6.07) is 5.27. The van der Waals surface area contributed by atoms with Crippen LogP contribution in [-0.2, 0) is 9.84 Å².